The minimum absolute atomic E-state index is 0.105. The number of carbonyl (C=O) groups is 2. The first-order chi connectivity index (χ1) is 9.51. The standard InChI is InChI=1S/C13H10ClNO5/c1-19-8-2-3-9(14)10(5-8)15-12(16)11-4-7(6-20-11)13(17)18/h2-6H,1H3,(H,15,16)(H,17,18). The Labute approximate surface area is 118 Å². The summed E-state index contributed by atoms with van der Waals surface area (Å²) in [6, 6.07) is 5.89. The topological polar surface area (TPSA) is 88.8 Å². The van der Waals surface area contributed by atoms with E-state index in [-0.39, 0.29) is 11.3 Å². The third-order valence-corrected chi connectivity index (χ3v) is 2.82. The van der Waals surface area contributed by atoms with Crippen LogP contribution in [0.15, 0.2) is 34.9 Å². The molecule has 0 saturated carbocycles. The van der Waals surface area contributed by atoms with Gasteiger partial charge in [0.25, 0.3) is 5.91 Å². The predicted octanol–water partition coefficient (Wildman–Crippen LogP) is 2.89. The number of carbonyl (C=O) groups excluding carboxylic acids is 1. The number of carboxylic acid groups (broad SMARTS) is 1. The van der Waals surface area contributed by atoms with Crippen LogP contribution in [0.5, 0.6) is 5.75 Å². The van der Waals surface area contributed by atoms with Gasteiger partial charge < -0.3 is 19.6 Å². The lowest BCUT2D eigenvalue weighted by Gasteiger charge is -2.07. The number of methoxy groups -OCH3 is 1. The lowest BCUT2D eigenvalue weighted by atomic mass is 10.2. The quantitative estimate of drug-likeness (QED) is 0.905. The molecule has 1 heterocycles. The maximum atomic E-state index is 11.9. The van der Waals surface area contributed by atoms with Gasteiger partial charge >= 0.3 is 5.97 Å². The van der Waals surface area contributed by atoms with Gasteiger partial charge in [0.15, 0.2) is 5.76 Å². The average molecular weight is 296 g/mol. The highest BCUT2D eigenvalue weighted by Crippen LogP contribution is 2.27. The number of nitrogens with one attached hydrogen (secondary N) is 1. The van der Waals surface area contributed by atoms with Crippen LogP contribution < -0.4 is 10.1 Å². The van der Waals surface area contributed by atoms with Gasteiger partial charge in [-0.1, -0.05) is 11.6 Å². The highest BCUT2D eigenvalue weighted by molar-refractivity contribution is 6.34. The molecule has 0 saturated heterocycles. The minimum Gasteiger partial charge on any atom is -0.497 e. The summed E-state index contributed by atoms with van der Waals surface area (Å²) < 4.78 is 9.91. The molecule has 0 fully saturated rings. The molecule has 7 heteroatoms. The molecule has 2 N–H and O–H groups in total. The van der Waals surface area contributed by atoms with Crippen LogP contribution in [0.2, 0.25) is 5.02 Å². The average Bonchev–Trinajstić information content (AvgIpc) is 2.91. The van der Waals surface area contributed by atoms with E-state index in [9.17, 15) is 9.59 Å². The molecule has 0 radical (unpaired) electrons. The fourth-order valence-electron chi connectivity index (χ4n) is 1.48. The molecule has 0 aliphatic carbocycles. The number of amides is 1. The normalized spacial score (nSPS) is 10.1. The Kier molecular flexibility index (Phi) is 3.95. The summed E-state index contributed by atoms with van der Waals surface area (Å²) in [5.74, 6) is -1.38. The summed E-state index contributed by atoms with van der Waals surface area (Å²) >= 11 is 5.95. The molecule has 1 aromatic heterocycles. The number of ether oxygens (including phenoxy) is 1. The molecule has 0 bridgehead atoms. The van der Waals surface area contributed by atoms with Gasteiger partial charge in [0.05, 0.1) is 23.4 Å². The van der Waals surface area contributed by atoms with Crippen molar-refractivity contribution in [1.29, 1.82) is 0 Å². The van der Waals surface area contributed by atoms with Crippen LogP contribution in [0.25, 0.3) is 0 Å². The lowest BCUT2D eigenvalue weighted by Crippen LogP contribution is -2.11. The third kappa shape index (κ3) is 2.92. The van der Waals surface area contributed by atoms with Gasteiger partial charge in [-0.3, -0.25) is 4.79 Å². The maximum Gasteiger partial charge on any atom is 0.338 e. The largest absolute Gasteiger partial charge is 0.497 e. The van der Waals surface area contributed by atoms with Gasteiger partial charge in [-0.2, -0.15) is 0 Å². The monoisotopic (exact) mass is 295 g/mol. The fraction of sp³-hybridized carbons (Fsp3) is 0.0769. The number of aromatic carboxylic acids is 1. The van der Waals surface area contributed by atoms with Crippen molar-refractivity contribution >= 4 is 29.2 Å². The van der Waals surface area contributed by atoms with Crippen molar-refractivity contribution in [2.75, 3.05) is 12.4 Å². The third-order valence-electron chi connectivity index (χ3n) is 2.49. The first-order valence-corrected chi connectivity index (χ1v) is 5.86. The molecular formula is C13H10ClNO5. The second-order valence-corrected chi connectivity index (χ2v) is 4.21. The molecule has 0 aliphatic heterocycles. The fourth-order valence-corrected chi connectivity index (χ4v) is 1.64. The van der Waals surface area contributed by atoms with Crippen LogP contribution >= 0.6 is 11.6 Å². The van der Waals surface area contributed by atoms with Crippen molar-refractivity contribution in [3.05, 3.63) is 46.9 Å². The number of benzene rings is 1. The first-order valence-electron chi connectivity index (χ1n) is 5.48. The molecule has 6 nitrogen and oxygen atoms in total. The van der Waals surface area contributed by atoms with Gasteiger partial charge in [0, 0.05) is 12.1 Å². The van der Waals surface area contributed by atoms with Crippen LogP contribution in [0.1, 0.15) is 20.9 Å². The van der Waals surface area contributed by atoms with E-state index in [0.717, 1.165) is 12.3 Å². The number of anilines is 1. The van der Waals surface area contributed by atoms with Crippen molar-refractivity contribution in [2.24, 2.45) is 0 Å². The molecular weight excluding hydrogens is 286 g/mol. The summed E-state index contributed by atoms with van der Waals surface area (Å²) in [7, 11) is 1.49. The Morgan fingerprint density at radius 3 is 2.70 bits per heavy atom. The van der Waals surface area contributed by atoms with Crippen LogP contribution in [0.4, 0.5) is 5.69 Å². The van der Waals surface area contributed by atoms with Gasteiger partial charge in [-0.15, -0.1) is 0 Å². The highest BCUT2D eigenvalue weighted by atomic mass is 35.5. The van der Waals surface area contributed by atoms with Crippen molar-refractivity contribution in [2.45, 2.75) is 0 Å². The summed E-state index contributed by atoms with van der Waals surface area (Å²) in [5.41, 5.74) is 0.233. The number of hydrogen-bond acceptors (Lipinski definition) is 4. The summed E-state index contributed by atoms with van der Waals surface area (Å²) in [4.78, 5) is 22.6. The molecule has 1 aromatic carbocycles. The van der Waals surface area contributed by atoms with Crippen molar-refractivity contribution in [3.63, 3.8) is 0 Å². The van der Waals surface area contributed by atoms with Gasteiger partial charge in [-0.25, -0.2) is 4.79 Å². The SMILES string of the molecule is COc1ccc(Cl)c(NC(=O)c2cc(C(=O)O)co2)c1. The zero-order valence-corrected chi connectivity index (χ0v) is 11.1. The zero-order valence-electron chi connectivity index (χ0n) is 10.3. The number of halogens is 1. The Morgan fingerprint density at radius 1 is 1.35 bits per heavy atom. The second-order valence-electron chi connectivity index (χ2n) is 3.80. The lowest BCUT2D eigenvalue weighted by molar-refractivity contribution is 0.0696. The molecule has 2 rings (SSSR count). The van der Waals surface area contributed by atoms with E-state index in [4.69, 9.17) is 25.9 Å². The van der Waals surface area contributed by atoms with Crippen molar-refractivity contribution in [3.8, 4) is 5.75 Å². The number of rotatable bonds is 4. The van der Waals surface area contributed by atoms with E-state index in [1.165, 1.54) is 7.11 Å². The minimum atomic E-state index is -1.17. The van der Waals surface area contributed by atoms with E-state index in [1.807, 2.05) is 0 Å². The number of hydrogen-bond donors (Lipinski definition) is 2. The Balaban J connectivity index is 2.20. The summed E-state index contributed by atoms with van der Waals surface area (Å²) in [5, 5.41) is 11.6. The van der Waals surface area contributed by atoms with Crippen LogP contribution in [0.3, 0.4) is 0 Å². The molecule has 0 aliphatic rings. The molecule has 0 spiro atoms. The highest BCUT2D eigenvalue weighted by Gasteiger charge is 2.16. The number of carboxylic acids is 1. The molecule has 2 aromatic rings. The van der Waals surface area contributed by atoms with E-state index >= 15 is 0 Å². The van der Waals surface area contributed by atoms with Crippen LogP contribution in [-0.4, -0.2) is 24.1 Å². The molecule has 20 heavy (non-hydrogen) atoms. The molecule has 0 atom stereocenters. The number of furan rings is 1. The second kappa shape index (κ2) is 5.66. The van der Waals surface area contributed by atoms with Crippen molar-refractivity contribution < 1.29 is 23.8 Å². The van der Waals surface area contributed by atoms with E-state index in [1.54, 1.807) is 18.2 Å². The summed E-state index contributed by atoms with van der Waals surface area (Å²) in [6.45, 7) is 0. The Bertz CT molecular complexity index is 665. The van der Waals surface area contributed by atoms with Gasteiger partial charge in [-0.05, 0) is 12.1 Å². The van der Waals surface area contributed by atoms with Crippen LogP contribution in [0, 0.1) is 0 Å². The molecule has 104 valence electrons. The van der Waals surface area contributed by atoms with Gasteiger partial charge in [0.2, 0.25) is 0 Å². The molecule has 1 amide bonds. The summed E-state index contributed by atoms with van der Waals surface area (Å²) in [6.07, 6.45) is 0.991. The first kappa shape index (κ1) is 14.0. The van der Waals surface area contributed by atoms with Gasteiger partial charge in [0.1, 0.15) is 12.0 Å². The smallest absolute Gasteiger partial charge is 0.338 e. The zero-order chi connectivity index (χ0) is 14.7. The maximum absolute atomic E-state index is 11.9. The van der Waals surface area contributed by atoms with E-state index < -0.39 is 11.9 Å². The van der Waals surface area contributed by atoms with E-state index in [2.05, 4.69) is 5.32 Å². The predicted molar refractivity (Wildman–Crippen MR) is 71.6 cm³/mol. The van der Waals surface area contributed by atoms with Crippen molar-refractivity contribution in [1.82, 2.24) is 0 Å². The Morgan fingerprint density at radius 2 is 2.10 bits per heavy atom. The van der Waals surface area contributed by atoms with Crippen LogP contribution in [-0.2, 0) is 0 Å². The Hall–Kier alpha value is -2.47. The van der Waals surface area contributed by atoms with E-state index in [0.29, 0.717) is 16.5 Å². The molecule has 0 unspecified atom stereocenters.